The Bertz CT molecular complexity index is 607. The predicted octanol–water partition coefficient (Wildman–Crippen LogP) is 3.53. The van der Waals surface area contributed by atoms with Crippen molar-refractivity contribution in [2.45, 2.75) is 6.92 Å². The average molecular weight is 264 g/mol. The van der Waals surface area contributed by atoms with Crippen molar-refractivity contribution in [3.05, 3.63) is 35.6 Å². The number of nitrogens with one attached hydrogen (secondary N) is 1. The highest BCUT2D eigenvalue weighted by molar-refractivity contribution is 7.19. The highest BCUT2D eigenvalue weighted by Crippen LogP contribution is 2.39. The predicted molar refractivity (Wildman–Crippen MR) is 73.2 cm³/mol. The Morgan fingerprint density at radius 3 is 2.72 bits per heavy atom. The number of ether oxygens (including phenoxy) is 1. The second-order valence-electron chi connectivity index (χ2n) is 3.83. The first kappa shape index (κ1) is 12.6. The molecule has 0 bridgehead atoms. The number of nitrogen functional groups attached to an aromatic ring is 1. The standard InChI is InChI=1S/C13H13FN2OS/c1-7(15)8-6-11(18-13(8)16)12-9(14)4-3-5-10(12)17-2/h3-6,15H,16H2,1-2H3. The zero-order chi connectivity index (χ0) is 13.3. The molecule has 0 aliphatic rings. The average Bonchev–Trinajstić information content (AvgIpc) is 2.70. The maximum absolute atomic E-state index is 13.9. The lowest BCUT2D eigenvalue weighted by molar-refractivity contribution is 0.413. The van der Waals surface area contributed by atoms with Crippen LogP contribution >= 0.6 is 11.3 Å². The van der Waals surface area contributed by atoms with Crippen LogP contribution in [0.1, 0.15) is 12.5 Å². The molecule has 0 aliphatic heterocycles. The third kappa shape index (κ3) is 2.09. The molecule has 0 saturated carbocycles. The molecule has 1 heterocycles. The Morgan fingerprint density at radius 1 is 1.44 bits per heavy atom. The van der Waals surface area contributed by atoms with Crippen LogP contribution in [0.3, 0.4) is 0 Å². The van der Waals surface area contributed by atoms with Gasteiger partial charge in [0.15, 0.2) is 0 Å². The van der Waals surface area contributed by atoms with Gasteiger partial charge in [0.1, 0.15) is 11.6 Å². The topological polar surface area (TPSA) is 59.1 Å². The molecular formula is C13H13FN2OS. The molecule has 18 heavy (non-hydrogen) atoms. The first-order valence-corrected chi connectivity index (χ1v) is 6.14. The van der Waals surface area contributed by atoms with Crippen molar-refractivity contribution in [3.63, 3.8) is 0 Å². The van der Waals surface area contributed by atoms with Gasteiger partial charge in [-0.05, 0) is 25.1 Å². The van der Waals surface area contributed by atoms with Crippen LogP contribution in [0.15, 0.2) is 24.3 Å². The SMILES string of the molecule is COc1cccc(F)c1-c1cc(C(C)=N)c(N)s1. The Kier molecular flexibility index (Phi) is 3.34. The third-order valence-corrected chi connectivity index (χ3v) is 3.59. The summed E-state index contributed by atoms with van der Waals surface area (Å²) < 4.78 is 19.1. The largest absolute Gasteiger partial charge is 0.496 e. The van der Waals surface area contributed by atoms with Gasteiger partial charge in [-0.3, -0.25) is 0 Å². The number of rotatable bonds is 3. The number of benzene rings is 1. The van der Waals surface area contributed by atoms with Crippen LogP contribution in [-0.2, 0) is 0 Å². The van der Waals surface area contributed by atoms with Gasteiger partial charge < -0.3 is 15.9 Å². The van der Waals surface area contributed by atoms with E-state index in [1.54, 1.807) is 25.1 Å². The summed E-state index contributed by atoms with van der Waals surface area (Å²) in [6, 6.07) is 6.40. The zero-order valence-corrected chi connectivity index (χ0v) is 10.9. The van der Waals surface area contributed by atoms with Crippen molar-refractivity contribution in [1.29, 1.82) is 5.41 Å². The van der Waals surface area contributed by atoms with E-state index in [4.69, 9.17) is 15.9 Å². The van der Waals surface area contributed by atoms with Crippen LogP contribution in [-0.4, -0.2) is 12.8 Å². The van der Waals surface area contributed by atoms with Crippen LogP contribution in [0.5, 0.6) is 5.75 Å². The van der Waals surface area contributed by atoms with E-state index in [0.717, 1.165) is 0 Å². The lowest BCUT2D eigenvalue weighted by atomic mass is 10.1. The number of nitrogens with two attached hydrogens (primary N) is 1. The monoisotopic (exact) mass is 264 g/mol. The second kappa shape index (κ2) is 4.78. The maximum Gasteiger partial charge on any atom is 0.135 e. The molecule has 0 spiro atoms. The highest BCUT2D eigenvalue weighted by atomic mass is 32.1. The van der Waals surface area contributed by atoms with Crippen molar-refractivity contribution in [2.24, 2.45) is 0 Å². The summed E-state index contributed by atoms with van der Waals surface area (Å²) in [6.07, 6.45) is 0. The third-order valence-electron chi connectivity index (χ3n) is 2.61. The fraction of sp³-hybridized carbons (Fsp3) is 0.154. The number of hydrogen-bond donors (Lipinski definition) is 2. The van der Waals surface area contributed by atoms with E-state index in [1.807, 2.05) is 0 Å². The summed E-state index contributed by atoms with van der Waals surface area (Å²) >= 11 is 1.26. The van der Waals surface area contributed by atoms with E-state index < -0.39 is 0 Å². The molecule has 0 unspecified atom stereocenters. The molecule has 0 amide bonds. The number of halogens is 1. The number of anilines is 1. The molecule has 2 aromatic rings. The Hall–Kier alpha value is -1.88. The van der Waals surface area contributed by atoms with Crippen LogP contribution in [0.2, 0.25) is 0 Å². The summed E-state index contributed by atoms with van der Waals surface area (Å²) in [5.41, 5.74) is 7.23. The van der Waals surface area contributed by atoms with Gasteiger partial charge in [0.2, 0.25) is 0 Å². The molecule has 0 saturated heterocycles. The molecule has 0 radical (unpaired) electrons. The lowest BCUT2D eigenvalue weighted by Crippen LogP contribution is -1.93. The van der Waals surface area contributed by atoms with E-state index in [1.165, 1.54) is 24.5 Å². The minimum absolute atomic E-state index is 0.357. The number of methoxy groups -OCH3 is 1. The molecule has 1 aromatic carbocycles. The summed E-state index contributed by atoms with van der Waals surface area (Å²) in [5, 5.41) is 8.12. The van der Waals surface area contributed by atoms with Gasteiger partial charge in [0.25, 0.3) is 0 Å². The summed E-state index contributed by atoms with van der Waals surface area (Å²) in [4.78, 5) is 0.670. The van der Waals surface area contributed by atoms with Crippen molar-refractivity contribution < 1.29 is 9.13 Å². The van der Waals surface area contributed by atoms with Crippen LogP contribution in [0.4, 0.5) is 9.39 Å². The van der Waals surface area contributed by atoms with Crippen molar-refractivity contribution in [1.82, 2.24) is 0 Å². The molecule has 94 valence electrons. The molecule has 0 atom stereocenters. The van der Waals surface area contributed by atoms with Gasteiger partial charge in [0, 0.05) is 16.2 Å². The van der Waals surface area contributed by atoms with Crippen LogP contribution in [0, 0.1) is 11.2 Å². The van der Waals surface area contributed by atoms with Gasteiger partial charge in [-0.15, -0.1) is 11.3 Å². The van der Waals surface area contributed by atoms with Gasteiger partial charge in [-0.1, -0.05) is 6.07 Å². The first-order valence-electron chi connectivity index (χ1n) is 5.32. The first-order chi connectivity index (χ1) is 8.54. The van der Waals surface area contributed by atoms with Gasteiger partial charge in [-0.2, -0.15) is 0 Å². The Labute approximate surface area is 109 Å². The van der Waals surface area contributed by atoms with Crippen molar-refractivity contribution >= 4 is 22.0 Å². The summed E-state index contributed by atoms with van der Waals surface area (Å²) in [5.74, 6) is 0.107. The molecule has 5 heteroatoms. The smallest absolute Gasteiger partial charge is 0.135 e. The van der Waals surface area contributed by atoms with E-state index in [0.29, 0.717) is 32.5 Å². The lowest BCUT2D eigenvalue weighted by Gasteiger charge is -2.07. The van der Waals surface area contributed by atoms with Gasteiger partial charge >= 0.3 is 0 Å². The van der Waals surface area contributed by atoms with Crippen LogP contribution in [0.25, 0.3) is 10.4 Å². The van der Waals surface area contributed by atoms with Gasteiger partial charge in [0.05, 0.1) is 17.7 Å². The molecule has 0 aliphatic carbocycles. The molecule has 3 N–H and O–H groups in total. The van der Waals surface area contributed by atoms with Gasteiger partial charge in [-0.25, -0.2) is 4.39 Å². The van der Waals surface area contributed by atoms with E-state index in [2.05, 4.69) is 0 Å². The van der Waals surface area contributed by atoms with E-state index in [-0.39, 0.29) is 5.82 Å². The summed E-state index contributed by atoms with van der Waals surface area (Å²) in [6.45, 7) is 1.65. The minimum Gasteiger partial charge on any atom is -0.496 e. The Morgan fingerprint density at radius 2 is 2.17 bits per heavy atom. The number of hydrogen-bond acceptors (Lipinski definition) is 4. The van der Waals surface area contributed by atoms with E-state index in [9.17, 15) is 4.39 Å². The molecule has 0 fully saturated rings. The molecule has 1 aromatic heterocycles. The van der Waals surface area contributed by atoms with Crippen molar-refractivity contribution in [3.8, 4) is 16.2 Å². The molecular weight excluding hydrogens is 251 g/mol. The normalized spacial score (nSPS) is 10.4. The fourth-order valence-corrected chi connectivity index (χ4v) is 2.77. The quantitative estimate of drug-likeness (QED) is 0.833. The molecule has 2 rings (SSSR count). The van der Waals surface area contributed by atoms with E-state index >= 15 is 0 Å². The van der Waals surface area contributed by atoms with Crippen LogP contribution < -0.4 is 10.5 Å². The minimum atomic E-state index is -0.357. The fourth-order valence-electron chi connectivity index (χ4n) is 1.73. The maximum atomic E-state index is 13.9. The Balaban J connectivity index is 2.62. The van der Waals surface area contributed by atoms with Crippen molar-refractivity contribution in [2.75, 3.05) is 12.8 Å². The summed E-state index contributed by atoms with van der Waals surface area (Å²) in [7, 11) is 1.50. The zero-order valence-electron chi connectivity index (χ0n) is 10.1. The molecule has 3 nitrogen and oxygen atoms in total. The number of thiophene rings is 1. The second-order valence-corrected chi connectivity index (χ2v) is 4.91. The highest BCUT2D eigenvalue weighted by Gasteiger charge is 2.16.